The number of nitrogens with zero attached hydrogens (tertiary/aromatic N) is 3. The molecule has 0 unspecified atom stereocenters. The number of aromatic nitrogens is 2. The molecule has 0 fully saturated rings. The predicted molar refractivity (Wildman–Crippen MR) is 96.4 cm³/mol. The lowest BCUT2D eigenvalue weighted by molar-refractivity contribution is 0.107. The van der Waals surface area contributed by atoms with Crippen LogP contribution < -0.4 is 9.47 Å². The van der Waals surface area contributed by atoms with Crippen molar-refractivity contribution in [3.8, 4) is 22.9 Å². The van der Waals surface area contributed by atoms with Gasteiger partial charge in [-0.05, 0) is 30.7 Å². The summed E-state index contributed by atoms with van der Waals surface area (Å²) in [5.41, 5.74) is 2.82. The van der Waals surface area contributed by atoms with Gasteiger partial charge in [0, 0.05) is 11.1 Å². The van der Waals surface area contributed by atoms with E-state index in [0.717, 1.165) is 16.7 Å². The third-order valence-corrected chi connectivity index (χ3v) is 3.73. The second-order valence-electron chi connectivity index (χ2n) is 5.45. The van der Waals surface area contributed by atoms with Crippen LogP contribution in [0.2, 0.25) is 0 Å². The molecule has 0 saturated carbocycles. The van der Waals surface area contributed by atoms with Crippen molar-refractivity contribution in [2.75, 3.05) is 14.2 Å². The van der Waals surface area contributed by atoms with Crippen LogP contribution >= 0.6 is 0 Å². The van der Waals surface area contributed by atoms with Crippen molar-refractivity contribution in [2.24, 2.45) is 5.16 Å². The molecule has 0 aliphatic rings. The molecule has 7 heteroatoms. The maximum atomic E-state index is 5.25. The lowest BCUT2D eigenvalue weighted by Gasteiger charge is -2.07. The molecule has 0 spiro atoms. The molecule has 0 aliphatic heterocycles. The highest BCUT2D eigenvalue weighted by molar-refractivity contribution is 5.80. The number of hydrogen-bond donors (Lipinski definition) is 0. The van der Waals surface area contributed by atoms with Crippen molar-refractivity contribution in [3.63, 3.8) is 0 Å². The van der Waals surface area contributed by atoms with Gasteiger partial charge in [-0.3, -0.25) is 0 Å². The average Bonchev–Trinajstić information content (AvgIpc) is 3.14. The summed E-state index contributed by atoms with van der Waals surface area (Å²) in [5, 5.41) is 7.90. The van der Waals surface area contributed by atoms with E-state index in [1.165, 1.54) is 0 Å². The van der Waals surface area contributed by atoms with E-state index in [1.54, 1.807) is 32.6 Å². The van der Waals surface area contributed by atoms with E-state index in [-0.39, 0.29) is 6.61 Å². The minimum atomic E-state index is 0.0860. The second-order valence-corrected chi connectivity index (χ2v) is 5.45. The number of methoxy groups -OCH3 is 2. The molecule has 3 aromatic rings. The summed E-state index contributed by atoms with van der Waals surface area (Å²) in [6.07, 6.45) is 1.57. The normalized spacial score (nSPS) is 10.9. The van der Waals surface area contributed by atoms with Crippen LogP contribution in [0.5, 0.6) is 11.5 Å². The first kappa shape index (κ1) is 17.5. The summed E-state index contributed by atoms with van der Waals surface area (Å²) in [7, 11) is 3.17. The molecule has 0 atom stereocenters. The van der Waals surface area contributed by atoms with Gasteiger partial charge in [-0.25, -0.2) is 0 Å². The Morgan fingerprint density at radius 3 is 2.65 bits per heavy atom. The van der Waals surface area contributed by atoms with Crippen LogP contribution in [0.25, 0.3) is 11.4 Å². The highest BCUT2D eigenvalue weighted by Crippen LogP contribution is 2.27. The smallest absolute Gasteiger partial charge is 0.267 e. The molecule has 134 valence electrons. The molecule has 0 radical (unpaired) electrons. The number of ether oxygens (including phenoxy) is 2. The third-order valence-electron chi connectivity index (χ3n) is 3.73. The summed E-state index contributed by atoms with van der Waals surface area (Å²) >= 11 is 0. The molecule has 26 heavy (non-hydrogen) atoms. The number of rotatable bonds is 7. The fourth-order valence-corrected chi connectivity index (χ4v) is 2.37. The van der Waals surface area contributed by atoms with E-state index in [9.17, 15) is 0 Å². The van der Waals surface area contributed by atoms with E-state index in [1.807, 2.05) is 37.3 Å². The summed E-state index contributed by atoms with van der Waals surface area (Å²) in [5.74, 6) is 2.16. The quantitative estimate of drug-likeness (QED) is 0.477. The Morgan fingerprint density at radius 2 is 1.88 bits per heavy atom. The van der Waals surface area contributed by atoms with E-state index >= 15 is 0 Å². The van der Waals surface area contributed by atoms with E-state index in [4.69, 9.17) is 18.8 Å². The molecule has 3 rings (SSSR count). The van der Waals surface area contributed by atoms with Gasteiger partial charge in [0.15, 0.2) is 18.1 Å². The Morgan fingerprint density at radius 1 is 1.08 bits per heavy atom. The average molecular weight is 353 g/mol. The molecule has 0 saturated heterocycles. The standard InChI is InChI=1S/C19H19N3O4/c1-13-6-4-5-7-15(13)19-21-18(26-22-19)12-25-20-11-14-8-9-16(23-2)17(10-14)24-3/h4-11H,12H2,1-3H3/b20-11-. The van der Waals surface area contributed by atoms with E-state index in [0.29, 0.717) is 23.2 Å². The molecule has 7 nitrogen and oxygen atoms in total. The van der Waals surface area contributed by atoms with Crippen LogP contribution in [0, 0.1) is 6.92 Å². The highest BCUT2D eigenvalue weighted by Gasteiger charge is 2.10. The van der Waals surface area contributed by atoms with E-state index < -0.39 is 0 Å². The van der Waals surface area contributed by atoms with Gasteiger partial charge in [-0.1, -0.05) is 34.6 Å². The molecule has 1 aromatic heterocycles. The Bertz CT molecular complexity index is 905. The highest BCUT2D eigenvalue weighted by atomic mass is 16.6. The lowest BCUT2D eigenvalue weighted by Crippen LogP contribution is -1.93. The van der Waals surface area contributed by atoms with Crippen LogP contribution in [-0.2, 0) is 11.4 Å². The zero-order valence-electron chi connectivity index (χ0n) is 14.8. The van der Waals surface area contributed by atoms with Gasteiger partial charge in [-0.2, -0.15) is 4.98 Å². The summed E-state index contributed by atoms with van der Waals surface area (Å²) in [6.45, 7) is 2.08. The fourth-order valence-electron chi connectivity index (χ4n) is 2.37. The zero-order valence-corrected chi connectivity index (χ0v) is 14.8. The summed E-state index contributed by atoms with van der Waals surface area (Å²) < 4.78 is 15.6. The third kappa shape index (κ3) is 4.00. The van der Waals surface area contributed by atoms with Crippen LogP contribution in [0.3, 0.4) is 0 Å². The summed E-state index contributed by atoms with van der Waals surface area (Å²) in [4.78, 5) is 9.56. The van der Waals surface area contributed by atoms with Crippen molar-refractivity contribution in [1.82, 2.24) is 10.1 Å². The molecule has 2 aromatic carbocycles. The van der Waals surface area contributed by atoms with Gasteiger partial charge in [0.1, 0.15) is 0 Å². The number of aryl methyl sites for hydroxylation is 1. The largest absolute Gasteiger partial charge is 0.493 e. The van der Waals surface area contributed by atoms with Crippen LogP contribution in [0.1, 0.15) is 17.0 Å². The molecule has 0 bridgehead atoms. The maximum Gasteiger partial charge on any atom is 0.267 e. The van der Waals surface area contributed by atoms with Crippen molar-refractivity contribution in [3.05, 3.63) is 59.5 Å². The second kappa shape index (κ2) is 8.15. The van der Waals surface area contributed by atoms with Gasteiger partial charge in [-0.15, -0.1) is 0 Å². The SMILES string of the molecule is COc1ccc(/C=N\OCc2nc(-c3ccccc3C)no2)cc1OC. The Balaban J connectivity index is 1.60. The number of oxime groups is 1. The van der Waals surface area contributed by atoms with Crippen molar-refractivity contribution in [1.29, 1.82) is 0 Å². The summed E-state index contributed by atoms with van der Waals surface area (Å²) in [6, 6.07) is 13.3. The van der Waals surface area contributed by atoms with Gasteiger partial charge in [0.05, 0.1) is 20.4 Å². The Labute approximate surface area is 151 Å². The van der Waals surface area contributed by atoms with Gasteiger partial charge >= 0.3 is 0 Å². The van der Waals surface area contributed by atoms with Gasteiger partial charge in [0.25, 0.3) is 5.89 Å². The number of benzene rings is 2. The minimum absolute atomic E-state index is 0.0860. The monoisotopic (exact) mass is 353 g/mol. The van der Waals surface area contributed by atoms with Crippen LogP contribution in [0.15, 0.2) is 52.1 Å². The molecular weight excluding hydrogens is 334 g/mol. The first-order valence-electron chi connectivity index (χ1n) is 7.97. The fraction of sp³-hybridized carbons (Fsp3) is 0.211. The van der Waals surface area contributed by atoms with E-state index in [2.05, 4.69) is 15.3 Å². The zero-order chi connectivity index (χ0) is 18.4. The first-order valence-corrected chi connectivity index (χ1v) is 7.97. The van der Waals surface area contributed by atoms with Crippen LogP contribution in [0.4, 0.5) is 0 Å². The van der Waals surface area contributed by atoms with Crippen molar-refractivity contribution >= 4 is 6.21 Å². The Hall–Kier alpha value is -3.35. The molecular formula is C19H19N3O4. The topological polar surface area (TPSA) is 79.0 Å². The van der Waals surface area contributed by atoms with Crippen LogP contribution in [-0.4, -0.2) is 30.6 Å². The lowest BCUT2D eigenvalue weighted by atomic mass is 10.1. The first-order chi connectivity index (χ1) is 12.7. The number of hydrogen-bond acceptors (Lipinski definition) is 7. The minimum Gasteiger partial charge on any atom is -0.493 e. The van der Waals surface area contributed by atoms with Crippen molar-refractivity contribution < 1.29 is 18.8 Å². The predicted octanol–water partition coefficient (Wildman–Crippen LogP) is 3.61. The molecule has 0 N–H and O–H groups in total. The van der Waals surface area contributed by atoms with Gasteiger partial charge < -0.3 is 18.8 Å². The molecule has 0 amide bonds. The van der Waals surface area contributed by atoms with Crippen molar-refractivity contribution in [2.45, 2.75) is 13.5 Å². The maximum absolute atomic E-state index is 5.25. The Kier molecular flexibility index (Phi) is 5.48. The molecule has 0 aliphatic carbocycles. The molecule has 1 heterocycles. The van der Waals surface area contributed by atoms with Gasteiger partial charge in [0.2, 0.25) is 5.82 Å².